The summed E-state index contributed by atoms with van der Waals surface area (Å²) in [5.41, 5.74) is 0.186. The van der Waals surface area contributed by atoms with Crippen molar-refractivity contribution in [3.63, 3.8) is 0 Å². The van der Waals surface area contributed by atoms with Crippen LogP contribution in [-0.2, 0) is 16.0 Å². The number of hydrogen-bond acceptors (Lipinski definition) is 4. The van der Waals surface area contributed by atoms with Gasteiger partial charge in [0.1, 0.15) is 5.69 Å². The first kappa shape index (κ1) is 18.8. The first-order chi connectivity index (χ1) is 12.6. The molecule has 2 aromatic carbocycles. The second-order valence-electron chi connectivity index (χ2n) is 5.84. The van der Waals surface area contributed by atoms with Crippen LogP contribution in [0.4, 0.5) is 13.2 Å². The van der Waals surface area contributed by atoms with Crippen molar-refractivity contribution in [2.24, 2.45) is 0 Å². The fraction of sp³-hybridized carbons (Fsp3) is 0.111. The molecule has 0 aliphatic carbocycles. The van der Waals surface area contributed by atoms with E-state index in [1.165, 1.54) is 47.3 Å². The number of hydrogen-bond donors (Lipinski definition) is 0. The van der Waals surface area contributed by atoms with Gasteiger partial charge in [-0.3, -0.25) is 4.79 Å². The van der Waals surface area contributed by atoms with Crippen molar-refractivity contribution in [2.45, 2.75) is 11.1 Å². The van der Waals surface area contributed by atoms with E-state index in [-0.39, 0.29) is 21.8 Å². The molecule has 0 atom stereocenters. The standard InChI is InChI=1S/C18H13F3N2O3S/c1-27(25,26)16-7-5-12(6-8-16)17-13(11-24)10-23(22-17)15-4-2-3-14(9-15)18(19,20)21/h2-11H,1H3. The normalized spacial score (nSPS) is 12.1. The second kappa shape index (κ2) is 6.66. The summed E-state index contributed by atoms with van der Waals surface area (Å²) in [4.78, 5) is 11.5. The van der Waals surface area contributed by atoms with Crippen molar-refractivity contribution in [1.29, 1.82) is 0 Å². The van der Waals surface area contributed by atoms with E-state index in [4.69, 9.17) is 0 Å². The van der Waals surface area contributed by atoms with E-state index in [1.54, 1.807) is 0 Å². The van der Waals surface area contributed by atoms with Gasteiger partial charge in [0.2, 0.25) is 0 Å². The van der Waals surface area contributed by atoms with Crippen LogP contribution >= 0.6 is 0 Å². The van der Waals surface area contributed by atoms with Crippen LogP contribution in [0, 0.1) is 0 Å². The van der Waals surface area contributed by atoms with Gasteiger partial charge in [-0.15, -0.1) is 0 Å². The minimum Gasteiger partial charge on any atom is -0.298 e. The Balaban J connectivity index is 2.06. The lowest BCUT2D eigenvalue weighted by Crippen LogP contribution is -2.06. The number of aromatic nitrogens is 2. The summed E-state index contributed by atoms with van der Waals surface area (Å²) >= 11 is 0. The molecule has 0 unspecified atom stereocenters. The fourth-order valence-corrected chi connectivity index (χ4v) is 3.15. The van der Waals surface area contributed by atoms with E-state index in [2.05, 4.69) is 5.10 Å². The number of aldehydes is 1. The average molecular weight is 394 g/mol. The van der Waals surface area contributed by atoms with Gasteiger partial charge in [0.15, 0.2) is 16.1 Å². The molecule has 0 aliphatic heterocycles. The molecule has 0 saturated heterocycles. The van der Waals surface area contributed by atoms with Crippen LogP contribution < -0.4 is 0 Å². The third-order valence-electron chi connectivity index (χ3n) is 3.86. The first-order valence-electron chi connectivity index (χ1n) is 7.62. The number of alkyl halides is 3. The van der Waals surface area contributed by atoms with Crippen molar-refractivity contribution >= 4 is 16.1 Å². The van der Waals surface area contributed by atoms with E-state index in [1.807, 2.05) is 0 Å². The van der Waals surface area contributed by atoms with Gasteiger partial charge in [-0.2, -0.15) is 18.3 Å². The van der Waals surface area contributed by atoms with Crippen molar-refractivity contribution in [2.75, 3.05) is 6.26 Å². The molecule has 1 aromatic heterocycles. The second-order valence-corrected chi connectivity index (χ2v) is 7.86. The van der Waals surface area contributed by atoms with E-state index < -0.39 is 21.6 Å². The Morgan fingerprint density at radius 3 is 2.30 bits per heavy atom. The van der Waals surface area contributed by atoms with E-state index in [0.29, 0.717) is 11.8 Å². The Bertz CT molecular complexity index is 1100. The maximum Gasteiger partial charge on any atom is 0.416 e. The minimum absolute atomic E-state index is 0.108. The molecule has 0 radical (unpaired) electrons. The van der Waals surface area contributed by atoms with Gasteiger partial charge in [-0.1, -0.05) is 18.2 Å². The molecule has 0 spiro atoms. The van der Waals surface area contributed by atoms with Gasteiger partial charge < -0.3 is 0 Å². The number of rotatable bonds is 4. The van der Waals surface area contributed by atoms with Crippen LogP contribution in [0.2, 0.25) is 0 Å². The van der Waals surface area contributed by atoms with Crippen molar-refractivity contribution < 1.29 is 26.4 Å². The Morgan fingerprint density at radius 1 is 1.07 bits per heavy atom. The number of sulfone groups is 1. The molecule has 5 nitrogen and oxygen atoms in total. The van der Waals surface area contributed by atoms with Crippen molar-refractivity contribution in [3.05, 3.63) is 65.9 Å². The number of carbonyl (C=O) groups excluding carboxylic acids is 1. The highest BCUT2D eigenvalue weighted by molar-refractivity contribution is 7.90. The number of nitrogens with zero attached hydrogens (tertiary/aromatic N) is 2. The van der Waals surface area contributed by atoms with E-state index in [9.17, 15) is 26.4 Å². The Hall–Kier alpha value is -2.94. The predicted octanol–water partition coefficient (Wildman–Crippen LogP) is 3.77. The molecule has 0 fully saturated rings. The molecule has 0 bridgehead atoms. The third kappa shape index (κ3) is 3.92. The Kier molecular flexibility index (Phi) is 4.64. The summed E-state index contributed by atoms with van der Waals surface area (Å²) in [6.45, 7) is 0. The van der Waals surface area contributed by atoms with E-state index in [0.717, 1.165) is 18.4 Å². The van der Waals surface area contributed by atoms with Crippen LogP contribution in [0.25, 0.3) is 16.9 Å². The largest absolute Gasteiger partial charge is 0.416 e. The molecule has 0 aliphatic rings. The molecule has 140 valence electrons. The summed E-state index contributed by atoms with van der Waals surface area (Å²) in [6.07, 6.45) is -1.57. The molecular weight excluding hydrogens is 381 g/mol. The van der Waals surface area contributed by atoms with Gasteiger partial charge in [0, 0.05) is 18.0 Å². The topological polar surface area (TPSA) is 69.0 Å². The summed E-state index contributed by atoms with van der Waals surface area (Å²) < 4.78 is 63.0. The Morgan fingerprint density at radius 2 is 1.74 bits per heavy atom. The van der Waals surface area contributed by atoms with Crippen LogP contribution in [0.5, 0.6) is 0 Å². The van der Waals surface area contributed by atoms with E-state index >= 15 is 0 Å². The minimum atomic E-state index is -4.50. The fourth-order valence-electron chi connectivity index (χ4n) is 2.51. The van der Waals surface area contributed by atoms with Gasteiger partial charge in [0.25, 0.3) is 0 Å². The summed E-state index contributed by atoms with van der Waals surface area (Å²) in [5, 5.41) is 4.21. The van der Waals surface area contributed by atoms with Crippen LogP contribution in [0.3, 0.4) is 0 Å². The zero-order valence-electron chi connectivity index (χ0n) is 13.9. The molecule has 1 heterocycles. The van der Waals surface area contributed by atoms with Crippen molar-refractivity contribution in [1.82, 2.24) is 9.78 Å². The summed E-state index contributed by atoms with van der Waals surface area (Å²) in [7, 11) is -3.38. The smallest absolute Gasteiger partial charge is 0.298 e. The molecular formula is C18H13F3N2O3S. The van der Waals surface area contributed by atoms with Crippen molar-refractivity contribution in [3.8, 4) is 16.9 Å². The number of halogens is 3. The summed E-state index contributed by atoms with van der Waals surface area (Å²) in [6, 6.07) is 10.3. The molecule has 9 heteroatoms. The lowest BCUT2D eigenvalue weighted by Gasteiger charge is -2.08. The quantitative estimate of drug-likeness (QED) is 0.632. The maximum absolute atomic E-state index is 12.9. The molecule has 27 heavy (non-hydrogen) atoms. The van der Waals surface area contributed by atoms with Gasteiger partial charge in [0.05, 0.1) is 21.7 Å². The highest BCUT2D eigenvalue weighted by Crippen LogP contribution is 2.31. The third-order valence-corrected chi connectivity index (χ3v) is 4.99. The lowest BCUT2D eigenvalue weighted by molar-refractivity contribution is -0.137. The molecule has 3 aromatic rings. The van der Waals surface area contributed by atoms with Gasteiger partial charge >= 0.3 is 6.18 Å². The molecule has 0 amide bonds. The number of carbonyl (C=O) groups is 1. The average Bonchev–Trinajstić information content (AvgIpc) is 3.05. The molecule has 0 N–H and O–H groups in total. The predicted molar refractivity (Wildman–Crippen MR) is 92.5 cm³/mol. The van der Waals surface area contributed by atoms with Crippen LogP contribution in [-0.4, -0.2) is 30.7 Å². The Labute approximate surface area is 153 Å². The molecule has 3 rings (SSSR count). The van der Waals surface area contributed by atoms with Crippen LogP contribution in [0.1, 0.15) is 15.9 Å². The molecule has 0 saturated carbocycles. The first-order valence-corrected chi connectivity index (χ1v) is 9.52. The van der Waals surface area contributed by atoms with Gasteiger partial charge in [-0.25, -0.2) is 13.1 Å². The van der Waals surface area contributed by atoms with Gasteiger partial charge in [-0.05, 0) is 30.3 Å². The lowest BCUT2D eigenvalue weighted by atomic mass is 10.1. The highest BCUT2D eigenvalue weighted by atomic mass is 32.2. The zero-order valence-corrected chi connectivity index (χ0v) is 14.8. The zero-order chi connectivity index (χ0) is 19.8. The van der Waals surface area contributed by atoms with Crippen LogP contribution in [0.15, 0.2) is 59.6 Å². The maximum atomic E-state index is 12.9. The number of benzene rings is 2. The summed E-state index contributed by atoms with van der Waals surface area (Å²) in [5.74, 6) is 0. The monoisotopic (exact) mass is 394 g/mol. The highest BCUT2D eigenvalue weighted by Gasteiger charge is 2.30. The SMILES string of the molecule is CS(=O)(=O)c1ccc(-c2nn(-c3cccc(C(F)(F)F)c3)cc2C=O)cc1.